The standard InChI is InChI=1S/C7H16OS/c1-3-4-7(8)5-6(2)9/h6-9H,3-5H2,1-2H3/t6-,7-/m0/s1. The normalized spacial score (nSPS) is 17.3. The zero-order valence-corrected chi connectivity index (χ0v) is 7.06. The number of aliphatic hydroxyl groups is 1. The van der Waals surface area contributed by atoms with Crippen molar-refractivity contribution in [1.82, 2.24) is 0 Å². The van der Waals surface area contributed by atoms with Crippen LogP contribution < -0.4 is 0 Å². The molecule has 2 heteroatoms. The molecule has 0 amide bonds. The molecule has 0 spiro atoms. The van der Waals surface area contributed by atoms with E-state index in [2.05, 4.69) is 19.6 Å². The van der Waals surface area contributed by atoms with Gasteiger partial charge in [-0.1, -0.05) is 20.3 Å². The van der Waals surface area contributed by atoms with Crippen LogP contribution in [0, 0.1) is 0 Å². The summed E-state index contributed by atoms with van der Waals surface area (Å²) in [5, 5.41) is 9.50. The van der Waals surface area contributed by atoms with E-state index in [0.29, 0.717) is 5.25 Å². The third-order valence-corrected chi connectivity index (χ3v) is 1.45. The molecule has 0 aliphatic heterocycles. The summed E-state index contributed by atoms with van der Waals surface area (Å²) in [5.74, 6) is 0. The van der Waals surface area contributed by atoms with Gasteiger partial charge < -0.3 is 5.11 Å². The van der Waals surface area contributed by atoms with Gasteiger partial charge >= 0.3 is 0 Å². The van der Waals surface area contributed by atoms with Crippen molar-refractivity contribution in [3.05, 3.63) is 0 Å². The summed E-state index contributed by atoms with van der Waals surface area (Å²) in [6.07, 6.45) is 2.64. The maximum atomic E-state index is 9.17. The van der Waals surface area contributed by atoms with E-state index in [9.17, 15) is 5.11 Å². The molecule has 1 N–H and O–H groups in total. The van der Waals surface area contributed by atoms with Crippen LogP contribution in [0.2, 0.25) is 0 Å². The Kier molecular flexibility index (Phi) is 5.30. The predicted octanol–water partition coefficient (Wildman–Crippen LogP) is 1.86. The molecule has 9 heavy (non-hydrogen) atoms. The average Bonchev–Trinajstić information content (AvgIpc) is 1.63. The molecule has 0 aromatic carbocycles. The maximum Gasteiger partial charge on any atom is 0.0550 e. The van der Waals surface area contributed by atoms with Gasteiger partial charge in [-0.25, -0.2) is 0 Å². The second kappa shape index (κ2) is 5.12. The van der Waals surface area contributed by atoms with Gasteiger partial charge in [-0.2, -0.15) is 12.6 Å². The van der Waals surface area contributed by atoms with Crippen molar-refractivity contribution >= 4 is 12.6 Å². The Morgan fingerprint density at radius 2 is 2.11 bits per heavy atom. The van der Waals surface area contributed by atoms with E-state index in [4.69, 9.17) is 0 Å². The summed E-state index contributed by atoms with van der Waals surface area (Å²) in [6.45, 7) is 4.08. The van der Waals surface area contributed by atoms with Crippen LogP contribution in [-0.4, -0.2) is 16.5 Å². The molecule has 0 aliphatic rings. The van der Waals surface area contributed by atoms with Crippen molar-refractivity contribution in [1.29, 1.82) is 0 Å². The zero-order valence-electron chi connectivity index (χ0n) is 6.17. The van der Waals surface area contributed by atoms with E-state index in [1.807, 2.05) is 6.92 Å². The summed E-state index contributed by atoms with van der Waals surface area (Å²) in [4.78, 5) is 0. The van der Waals surface area contributed by atoms with Crippen molar-refractivity contribution < 1.29 is 5.11 Å². The summed E-state index contributed by atoms with van der Waals surface area (Å²) in [7, 11) is 0. The number of hydrogen-bond acceptors (Lipinski definition) is 2. The summed E-state index contributed by atoms with van der Waals surface area (Å²) in [5.41, 5.74) is 0. The molecule has 0 aromatic rings. The van der Waals surface area contributed by atoms with Crippen LogP contribution in [0.5, 0.6) is 0 Å². The fraction of sp³-hybridized carbons (Fsp3) is 1.00. The molecule has 0 radical (unpaired) electrons. The van der Waals surface area contributed by atoms with E-state index in [1.165, 1.54) is 0 Å². The summed E-state index contributed by atoms with van der Waals surface area (Å²) < 4.78 is 0. The van der Waals surface area contributed by atoms with Crippen molar-refractivity contribution in [2.24, 2.45) is 0 Å². The lowest BCUT2D eigenvalue weighted by atomic mass is 10.1. The first kappa shape index (κ1) is 9.31. The van der Waals surface area contributed by atoms with E-state index in [0.717, 1.165) is 19.3 Å². The quantitative estimate of drug-likeness (QED) is 0.583. The van der Waals surface area contributed by atoms with Gasteiger partial charge in [0.1, 0.15) is 0 Å². The molecule has 0 saturated heterocycles. The Bertz CT molecular complexity index is 63.9. The molecule has 2 atom stereocenters. The molecular weight excluding hydrogens is 132 g/mol. The van der Waals surface area contributed by atoms with E-state index < -0.39 is 0 Å². The van der Waals surface area contributed by atoms with Crippen molar-refractivity contribution in [3.8, 4) is 0 Å². The van der Waals surface area contributed by atoms with Crippen molar-refractivity contribution in [2.75, 3.05) is 0 Å². The highest BCUT2D eigenvalue weighted by Crippen LogP contribution is 2.07. The van der Waals surface area contributed by atoms with Crippen LogP contribution in [0.3, 0.4) is 0 Å². The van der Waals surface area contributed by atoms with Crippen molar-refractivity contribution in [3.63, 3.8) is 0 Å². The SMILES string of the molecule is CCC[C@H](O)C[C@H](C)S. The molecule has 0 aliphatic carbocycles. The highest BCUT2D eigenvalue weighted by Gasteiger charge is 2.04. The van der Waals surface area contributed by atoms with Crippen molar-refractivity contribution in [2.45, 2.75) is 44.5 Å². The number of hydrogen-bond donors (Lipinski definition) is 2. The minimum Gasteiger partial charge on any atom is -0.393 e. The van der Waals surface area contributed by atoms with Gasteiger partial charge in [-0.05, 0) is 12.8 Å². The molecule has 0 unspecified atom stereocenters. The first-order valence-electron chi connectivity index (χ1n) is 3.53. The molecular formula is C7H16OS. The molecule has 0 saturated carbocycles. The second-order valence-electron chi connectivity index (χ2n) is 2.53. The summed E-state index contributed by atoms with van der Waals surface area (Å²) in [6, 6.07) is 0. The molecule has 0 heterocycles. The van der Waals surface area contributed by atoms with Crippen LogP contribution in [0.25, 0.3) is 0 Å². The van der Waals surface area contributed by atoms with Gasteiger partial charge in [0.2, 0.25) is 0 Å². The summed E-state index contributed by atoms with van der Waals surface area (Å²) >= 11 is 4.17. The largest absolute Gasteiger partial charge is 0.393 e. The topological polar surface area (TPSA) is 20.2 Å². The Morgan fingerprint density at radius 3 is 2.44 bits per heavy atom. The Morgan fingerprint density at radius 1 is 1.56 bits per heavy atom. The highest BCUT2D eigenvalue weighted by molar-refractivity contribution is 7.80. The number of thiol groups is 1. The zero-order chi connectivity index (χ0) is 7.28. The lowest BCUT2D eigenvalue weighted by Crippen LogP contribution is -2.10. The fourth-order valence-electron chi connectivity index (χ4n) is 0.845. The molecule has 0 rings (SSSR count). The Hall–Kier alpha value is 0.310. The van der Waals surface area contributed by atoms with Gasteiger partial charge in [0, 0.05) is 5.25 Å². The fourth-order valence-corrected chi connectivity index (χ4v) is 1.09. The van der Waals surface area contributed by atoms with Crippen LogP contribution >= 0.6 is 12.6 Å². The minimum absolute atomic E-state index is 0.137. The second-order valence-corrected chi connectivity index (χ2v) is 3.41. The Balaban J connectivity index is 3.15. The van der Waals surface area contributed by atoms with Gasteiger partial charge in [-0.3, -0.25) is 0 Å². The Labute approximate surface area is 62.9 Å². The van der Waals surface area contributed by atoms with E-state index >= 15 is 0 Å². The predicted molar refractivity (Wildman–Crippen MR) is 44.0 cm³/mol. The molecule has 1 nitrogen and oxygen atoms in total. The third kappa shape index (κ3) is 6.19. The van der Waals surface area contributed by atoms with E-state index in [-0.39, 0.29) is 6.10 Å². The van der Waals surface area contributed by atoms with Crippen LogP contribution in [0.4, 0.5) is 0 Å². The molecule has 0 bridgehead atoms. The average molecular weight is 148 g/mol. The number of rotatable bonds is 4. The van der Waals surface area contributed by atoms with Gasteiger partial charge in [0.15, 0.2) is 0 Å². The maximum absolute atomic E-state index is 9.17. The lowest BCUT2D eigenvalue weighted by Gasteiger charge is -2.09. The highest BCUT2D eigenvalue weighted by atomic mass is 32.1. The van der Waals surface area contributed by atoms with Crippen LogP contribution in [0.15, 0.2) is 0 Å². The van der Waals surface area contributed by atoms with Crippen LogP contribution in [-0.2, 0) is 0 Å². The monoisotopic (exact) mass is 148 g/mol. The first-order valence-corrected chi connectivity index (χ1v) is 4.04. The third-order valence-electron chi connectivity index (χ3n) is 1.24. The van der Waals surface area contributed by atoms with E-state index in [1.54, 1.807) is 0 Å². The molecule has 0 aromatic heterocycles. The molecule has 0 fully saturated rings. The van der Waals surface area contributed by atoms with Gasteiger partial charge in [0.05, 0.1) is 6.10 Å². The van der Waals surface area contributed by atoms with Gasteiger partial charge in [-0.15, -0.1) is 0 Å². The minimum atomic E-state index is -0.137. The van der Waals surface area contributed by atoms with Crippen LogP contribution in [0.1, 0.15) is 33.1 Å². The smallest absolute Gasteiger partial charge is 0.0550 e. The lowest BCUT2D eigenvalue weighted by molar-refractivity contribution is 0.154. The first-order chi connectivity index (χ1) is 4.16. The van der Waals surface area contributed by atoms with Gasteiger partial charge in [0.25, 0.3) is 0 Å². The number of aliphatic hydroxyl groups excluding tert-OH is 1. The molecule has 56 valence electrons.